The van der Waals surface area contributed by atoms with E-state index in [0.717, 1.165) is 28.1 Å². The molecule has 0 saturated heterocycles. The van der Waals surface area contributed by atoms with E-state index in [1.165, 1.54) is 11.3 Å². The molecule has 0 spiro atoms. The lowest BCUT2D eigenvalue weighted by Crippen LogP contribution is -1.87. The van der Waals surface area contributed by atoms with Crippen molar-refractivity contribution in [2.45, 2.75) is 20.3 Å². The average molecular weight is 286 g/mol. The first-order valence-electron chi connectivity index (χ1n) is 6.34. The van der Waals surface area contributed by atoms with E-state index < -0.39 is 0 Å². The largest absolute Gasteiger partial charge is 0.375 e. The van der Waals surface area contributed by atoms with Crippen LogP contribution in [-0.4, -0.2) is 15.1 Å². The normalized spacial score (nSPS) is 10.9. The molecule has 20 heavy (non-hydrogen) atoms. The lowest BCUT2D eigenvalue weighted by molar-refractivity contribution is 0.433. The van der Waals surface area contributed by atoms with Crippen LogP contribution < -0.4 is 5.73 Å². The van der Waals surface area contributed by atoms with Gasteiger partial charge in [-0.25, -0.2) is 4.98 Å². The Bertz CT molecular complexity index is 747. The van der Waals surface area contributed by atoms with Gasteiger partial charge in [-0.1, -0.05) is 47.7 Å². The van der Waals surface area contributed by atoms with Gasteiger partial charge in [0, 0.05) is 5.56 Å². The molecule has 2 aromatic heterocycles. The van der Waals surface area contributed by atoms with Crippen molar-refractivity contribution < 1.29 is 4.52 Å². The summed E-state index contributed by atoms with van der Waals surface area (Å²) >= 11 is 1.38. The van der Waals surface area contributed by atoms with Gasteiger partial charge in [-0.2, -0.15) is 4.98 Å². The van der Waals surface area contributed by atoms with Crippen LogP contribution in [0.2, 0.25) is 0 Å². The smallest absolute Gasteiger partial charge is 0.270 e. The topological polar surface area (TPSA) is 77.8 Å². The van der Waals surface area contributed by atoms with Gasteiger partial charge in [0.05, 0.1) is 5.69 Å². The maximum absolute atomic E-state index is 5.75. The third kappa shape index (κ3) is 2.18. The number of nitrogens with two attached hydrogens (primary N) is 1. The Labute approximate surface area is 120 Å². The molecule has 0 unspecified atom stereocenters. The summed E-state index contributed by atoms with van der Waals surface area (Å²) in [5.41, 5.74) is 8.73. The fraction of sp³-hybridized carbons (Fsp3) is 0.214. The zero-order valence-corrected chi connectivity index (χ0v) is 12.1. The minimum atomic E-state index is 0.481. The Morgan fingerprint density at radius 2 is 2.05 bits per heavy atom. The summed E-state index contributed by atoms with van der Waals surface area (Å²) in [6.45, 7) is 4.05. The highest BCUT2D eigenvalue weighted by Gasteiger charge is 2.18. The molecule has 3 aromatic rings. The van der Waals surface area contributed by atoms with E-state index in [-0.39, 0.29) is 0 Å². The predicted octanol–water partition coefficient (Wildman–Crippen LogP) is 3.31. The maximum Gasteiger partial charge on any atom is 0.270 e. The van der Waals surface area contributed by atoms with Crippen LogP contribution in [0.15, 0.2) is 28.8 Å². The quantitative estimate of drug-likeness (QED) is 0.799. The van der Waals surface area contributed by atoms with Crippen molar-refractivity contribution in [3.63, 3.8) is 0 Å². The second-order valence-electron chi connectivity index (χ2n) is 4.42. The van der Waals surface area contributed by atoms with Crippen LogP contribution in [0.25, 0.3) is 22.2 Å². The zero-order valence-electron chi connectivity index (χ0n) is 11.3. The molecule has 0 saturated carbocycles. The van der Waals surface area contributed by atoms with Gasteiger partial charge in [0.15, 0.2) is 5.13 Å². The molecule has 0 aliphatic carbocycles. The van der Waals surface area contributed by atoms with Crippen molar-refractivity contribution >= 4 is 16.5 Å². The number of aromatic nitrogens is 3. The molecule has 0 bridgehead atoms. The SMILES string of the molecule is CCc1nc(N)sc1-c1nc(-c2ccccc2C)no1. The van der Waals surface area contributed by atoms with Gasteiger partial charge in [-0.3, -0.25) is 0 Å². The first-order chi connectivity index (χ1) is 9.69. The van der Waals surface area contributed by atoms with E-state index in [1.807, 2.05) is 38.1 Å². The van der Waals surface area contributed by atoms with Crippen molar-refractivity contribution in [1.29, 1.82) is 0 Å². The maximum atomic E-state index is 5.75. The van der Waals surface area contributed by atoms with Crippen LogP contribution in [0.1, 0.15) is 18.2 Å². The van der Waals surface area contributed by atoms with Gasteiger partial charge >= 0.3 is 0 Å². The Morgan fingerprint density at radius 1 is 1.25 bits per heavy atom. The van der Waals surface area contributed by atoms with Crippen LogP contribution in [-0.2, 0) is 6.42 Å². The van der Waals surface area contributed by atoms with Crippen molar-refractivity contribution in [2.24, 2.45) is 0 Å². The second kappa shape index (κ2) is 5.05. The van der Waals surface area contributed by atoms with Crippen molar-refractivity contribution in [1.82, 2.24) is 15.1 Å². The van der Waals surface area contributed by atoms with Crippen LogP contribution in [0.3, 0.4) is 0 Å². The third-order valence-corrected chi connectivity index (χ3v) is 3.97. The summed E-state index contributed by atoms with van der Waals surface area (Å²) in [6, 6.07) is 7.94. The molecule has 3 rings (SSSR count). The Kier molecular flexibility index (Phi) is 3.23. The molecule has 0 amide bonds. The number of hydrogen-bond donors (Lipinski definition) is 1. The summed E-state index contributed by atoms with van der Waals surface area (Å²) in [5.74, 6) is 1.07. The molecular weight excluding hydrogens is 272 g/mol. The van der Waals surface area contributed by atoms with Gasteiger partial charge in [0.1, 0.15) is 4.88 Å². The number of rotatable bonds is 3. The molecule has 102 valence electrons. The number of hydrogen-bond acceptors (Lipinski definition) is 6. The molecule has 2 heterocycles. The lowest BCUT2D eigenvalue weighted by Gasteiger charge is -1.97. The summed E-state index contributed by atoms with van der Waals surface area (Å²) < 4.78 is 5.37. The second-order valence-corrected chi connectivity index (χ2v) is 5.45. The third-order valence-electron chi connectivity index (χ3n) is 3.06. The molecule has 0 fully saturated rings. The molecule has 0 atom stereocenters. The van der Waals surface area contributed by atoms with E-state index in [0.29, 0.717) is 16.8 Å². The van der Waals surface area contributed by atoms with Crippen molar-refractivity contribution in [2.75, 3.05) is 5.73 Å². The summed E-state index contributed by atoms with van der Waals surface area (Å²) in [4.78, 5) is 9.60. The van der Waals surface area contributed by atoms with Crippen LogP contribution in [0.4, 0.5) is 5.13 Å². The van der Waals surface area contributed by atoms with Gasteiger partial charge in [-0.15, -0.1) is 0 Å². The Hall–Kier alpha value is -2.21. The van der Waals surface area contributed by atoms with E-state index in [4.69, 9.17) is 10.3 Å². The number of benzene rings is 1. The molecule has 5 nitrogen and oxygen atoms in total. The first kappa shape index (κ1) is 12.8. The zero-order chi connectivity index (χ0) is 14.1. The fourth-order valence-corrected chi connectivity index (χ4v) is 2.87. The number of aryl methyl sites for hydroxylation is 2. The van der Waals surface area contributed by atoms with Crippen LogP contribution in [0, 0.1) is 6.92 Å². The highest BCUT2D eigenvalue weighted by atomic mass is 32.1. The van der Waals surface area contributed by atoms with E-state index in [1.54, 1.807) is 0 Å². The number of nitrogen functional groups attached to an aromatic ring is 1. The van der Waals surface area contributed by atoms with E-state index in [2.05, 4.69) is 15.1 Å². The summed E-state index contributed by atoms with van der Waals surface area (Å²) in [5, 5.41) is 4.58. The van der Waals surface area contributed by atoms with E-state index in [9.17, 15) is 0 Å². The van der Waals surface area contributed by atoms with Gasteiger partial charge in [0.25, 0.3) is 5.89 Å². The van der Waals surface area contributed by atoms with Gasteiger partial charge < -0.3 is 10.3 Å². The minimum absolute atomic E-state index is 0.481. The highest BCUT2D eigenvalue weighted by molar-refractivity contribution is 7.18. The minimum Gasteiger partial charge on any atom is -0.375 e. The molecule has 0 aliphatic rings. The molecule has 2 N–H and O–H groups in total. The molecule has 1 aromatic carbocycles. The molecular formula is C14H14N4OS. The number of anilines is 1. The standard InChI is InChI=1S/C14H14N4OS/c1-3-10-11(20-14(15)16-10)13-17-12(18-19-13)9-7-5-4-6-8(9)2/h4-7H,3H2,1-2H3,(H2,15,16). The lowest BCUT2D eigenvalue weighted by atomic mass is 10.1. The van der Waals surface area contributed by atoms with Crippen LogP contribution >= 0.6 is 11.3 Å². The van der Waals surface area contributed by atoms with E-state index >= 15 is 0 Å². The number of nitrogens with zero attached hydrogens (tertiary/aromatic N) is 3. The van der Waals surface area contributed by atoms with Gasteiger partial charge in [0.2, 0.25) is 5.82 Å². The van der Waals surface area contributed by atoms with Crippen molar-refractivity contribution in [3.8, 4) is 22.2 Å². The highest BCUT2D eigenvalue weighted by Crippen LogP contribution is 2.32. The van der Waals surface area contributed by atoms with Gasteiger partial charge in [-0.05, 0) is 18.9 Å². The fourth-order valence-electron chi connectivity index (χ4n) is 2.03. The molecule has 6 heteroatoms. The summed E-state index contributed by atoms with van der Waals surface area (Å²) in [6.07, 6.45) is 0.783. The first-order valence-corrected chi connectivity index (χ1v) is 7.16. The summed E-state index contributed by atoms with van der Waals surface area (Å²) in [7, 11) is 0. The predicted molar refractivity (Wildman–Crippen MR) is 79.4 cm³/mol. The molecule has 0 radical (unpaired) electrons. The molecule has 0 aliphatic heterocycles. The monoisotopic (exact) mass is 286 g/mol. The average Bonchev–Trinajstić information content (AvgIpc) is 3.05. The Morgan fingerprint density at radius 3 is 2.80 bits per heavy atom. The van der Waals surface area contributed by atoms with Crippen molar-refractivity contribution in [3.05, 3.63) is 35.5 Å². The van der Waals surface area contributed by atoms with Crippen LogP contribution in [0.5, 0.6) is 0 Å². The number of thiazole rings is 1. The Balaban J connectivity index is 2.04.